The molecule has 0 bridgehead atoms. The zero-order chi connectivity index (χ0) is 61.9. The first-order chi connectivity index (χ1) is 35.3. The third-order valence-corrected chi connectivity index (χ3v) is 7.01. The van der Waals surface area contributed by atoms with E-state index in [2.05, 4.69) is 83.8 Å². The summed E-state index contributed by atoms with van der Waals surface area (Å²) in [6.07, 6.45) is 5.96. The first kappa shape index (κ1) is 93.2. The molecule has 0 rings (SSSR count). The van der Waals surface area contributed by atoms with E-state index in [1.54, 1.807) is 41.5 Å². The highest BCUT2D eigenvalue weighted by atomic mass is 16.6. The smallest absolute Gasteiger partial charge is 0.305 e. The molecule has 0 aliphatic rings. The molecule has 0 aliphatic heterocycles. The summed E-state index contributed by atoms with van der Waals surface area (Å²) in [5, 5.41) is 0. The van der Waals surface area contributed by atoms with Crippen molar-refractivity contribution in [3.8, 4) is 0 Å². The Morgan fingerprint density at radius 3 is 0.382 bits per heavy atom. The van der Waals surface area contributed by atoms with Crippen molar-refractivity contribution in [3.63, 3.8) is 0 Å². The van der Waals surface area contributed by atoms with Crippen LogP contribution >= 0.6 is 0 Å². The van der Waals surface area contributed by atoms with Crippen molar-refractivity contribution >= 4 is 59.7 Å². The SMILES string of the molecule is CCOC(=O)CCC(C)C.CCOC(=O)CCC(C)C.CCOC(=O)CCC(C)C.CCOC(=O)CCC(C)C.CCOC(C)=O.CCOC(C)=O.CCOC(C)=O.CCOC(C)=O.CCOC(C)=O.CCOC(C)=O. The molecule has 20 nitrogen and oxygen atoms in total. The molecule has 0 atom stereocenters. The molecule has 456 valence electrons. The molecule has 0 aromatic heterocycles. The van der Waals surface area contributed by atoms with Gasteiger partial charge in [0.1, 0.15) is 0 Å². The molecule has 0 fully saturated rings. The van der Waals surface area contributed by atoms with Crippen molar-refractivity contribution in [2.75, 3.05) is 66.1 Å². The molecule has 0 spiro atoms. The average Bonchev–Trinajstić information content (AvgIpc) is 3.28. The molecule has 0 N–H and O–H groups in total. The molecule has 0 saturated carbocycles. The minimum Gasteiger partial charge on any atom is -0.466 e. The fraction of sp³-hybridized carbons (Fsp3) is 0.821. The molecule has 20 heteroatoms. The number of rotatable bonds is 22. The molecule has 0 aliphatic carbocycles. The normalized spacial score (nSPS) is 8.89. The first-order valence-corrected chi connectivity index (χ1v) is 26.7. The lowest BCUT2D eigenvalue weighted by Crippen LogP contribution is -2.04. The van der Waals surface area contributed by atoms with Crippen molar-refractivity contribution in [1.82, 2.24) is 0 Å². The second-order valence-electron chi connectivity index (χ2n) is 16.5. The summed E-state index contributed by atoms with van der Waals surface area (Å²) in [7, 11) is 0. The van der Waals surface area contributed by atoms with Gasteiger partial charge in [-0.2, -0.15) is 0 Å². The van der Waals surface area contributed by atoms with Gasteiger partial charge in [0.05, 0.1) is 66.1 Å². The molecule has 0 saturated heterocycles. The van der Waals surface area contributed by atoms with Crippen molar-refractivity contribution in [1.29, 1.82) is 0 Å². The van der Waals surface area contributed by atoms with Crippen LogP contribution in [0.15, 0.2) is 0 Å². The summed E-state index contributed by atoms with van der Waals surface area (Å²) in [4.78, 5) is 102. The van der Waals surface area contributed by atoms with Crippen LogP contribution in [0.5, 0.6) is 0 Å². The fourth-order valence-corrected chi connectivity index (χ4v) is 3.78. The van der Waals surface area contributed by atoms with E-state index in [1.165, 1.54) is 41.5 Å². The predicted octanol–water partition coefficient (Wildman–Crippen LogP) is 11.4. The van der Waals surface area contributed by atoms with E-state index in [4.69, 9.17) is 18.9 Å². The van der Waals surface area contributed by atoms with Crippen LogP contribution in [0, 0.1) is 23.7 Å². The largest absolute Gasteiger partial charge is 0.466 e. The number of esters is 10. The van der Waals surface area contributed by atoms with Gasteiger partial charge in [-0.15, -0.1) is 0 Å². The summed E-state index contributed by atoms with van der Waals surface area (Å²) in [5.41, 5.74) is 0. The van der Waals surface area contributed by atoms with Crippen LogP contribution in [0.1, 0.15) is 218 Å². The van der Waals surface area contributed by atoms with Gasteiger partial charge in [-0.05, 0) is 119 Å². The Bertz CT molecular complexity index is 1120. The Morgan fingerprint density at radius 2 is 0.329 bits per heavy atom. The van der Waals surface area contributed by atoms with Crippen LogP contribution in [0.2, 0.25) is 0 Å². The van der Waals surface area contributed by atoms with Gasteiger partial charge < -0.3 is 47.4 Å². The zero-order valence-electron chi connectivity index (χ0n) is 52.2. The molecular formula is C56H112O20. The summed E-state index contributed by atoms with van der Waals surface area (Å²) in [6.45, 7) is 48.0. The van der Waals surface area contributed by atoms with Gasteiger partial charge in [-0.1, -0.05) is 55.4 Å². The van der Waals surface area contributed by atoms with Gasteiger partial charge in [0.25, 0.3) is 0 Å². The van der Waals surface area contributed by atoms with E-state index in [9.17, 15) is 47.9 Å². The number of ether oxygens (including phenoxy) is 10. The van der Waals surface area contributed by atoms with Gasteiger partial charge in [-0.25, -0.2) is 0 Å². The highest BCUT2D eigenvalue weighted by Crippen LogP contribution is 2.06. The summed E-state index contributed by atoms with van der Waals surface area (Å²) < 4.78 is 45.4. The number of hydrogen-bond acceptors (Lipinski definition) is 20. The lowest BCUT2D eigenvalue weighted by molar-refractivity contribution is -0.144. The highest BCUT2D eigenvalue weighted by molar-refractivity contribution is 5.70. The van der Waals surface area contributed by atoms with Gasteiger partial charge in [-0.3, -0.25) is 47.9 Å². The van der Waals surface area contributed by atoms with E-state index in [0.29, 0.717) is 115 Å². The van der Waals surface area contributed by atoms with E-state index in [-0.39, 0.29) is 59.7 Å². The van der Waals surface area contributed by atoms with Crippen molar-refractivity contribution in [3.05, 3.63) is 0 Å². The topological polar surface area (TPSA) is 263 Å². The van der Waals surface area contributed by atoms with E-state index in [0.717, 1.165) is 25.7 Å². The second-order valence-corrected chi connectivity index (χ2v) is 16.5. The standard InChI is InChI=1S/4C8H16O2.6C4H8O2/c4*1-4-10-8(9)6-5-7(2)3;6*1-3-6-4(2)5/h4*7H,4-6H2,1-3H3;6*3H2,1-2H3. The van der Waals surface area contributed by atoms with Crippen LogP contribution in [-0.4, -0.2) is 126 Å². The quantitative estimate of drug-likeness (QED) is 0.0720. The van der Waals surface area contributed by atoms with Gasteiger partial charge in [0, 0.05) is 67.2 Å². The number of hydrogen-bond donors (Lipinski definition) is 0. The maximum atomic E-state index is 10.7. The Kier molecular flexibility index (Phi) is 96.4. The third kappa shape index (κ3) is 158. The maximum absolute atomic E-state index is 10.7. The minimum atomic E-state index is -0.211. The summed E-state index contributed by atoms with van der Waals surface area (Å²) in [6, 6.07) is 0. The van der Waals surface area contributed by atoms with E-state index < -0.39 is 0 Å². The number of carbonyl (C=O) groups is 10. The Balaban J connectivity index is -0.0000000804. The van der Waals surface area contributed by atoms with Gasteiger partial charge >= 0.3 is 59.7 Å². The molecule has 0 amide bonds. The molecule has 0 radical (unpaired) electrons. The summed E-state index contributed by atoms with van der Waals surface area (Å²) in [5.74, 6) is 0.794. The predicted molar refractivity (Wildman–Crippen MR) is 297 cm³/mol. The second kappa shape index (κ2) is 78.6. The Hall–Kier alpha value is -5.30. The number of carbonyl (C=O) groups excluding carboxylic acids is 10. The van der Waals surface area contributed by atoms with Crippen molar-refractivity contribution < 1.29 is 95.3 Å². The third-order valence-electron chi connectivity index (χ3n) is 7.01. The van der Waals surface area contributed by atoms with Crippen LogP contribution < -0.4 is 0 Å². The zero-order valence-corrected chi connectivity index (χ0v) is 52.2. The van der Waals surface area contributed by atoms with Crippen molar-refractivity contribution in [2.24, 2.45) is 23.7 Å². The van der Waals surface area contributed by atoms with Crippen LogP contribution in [0.25, 0.3) is 0 Å². The van der Waals surface area contributed by atoms with Crippen LogP contribution in [0.3, 0.4) is 0 Å². The fourth-order valence-electron chi connectivity index (χ4n) is 3.78. The van der Waals surface area contributed by atoms with E-state index in [1.807, 2.05) is 27.7 Å². The minimum absolute atomic E-state index is 0.0730. The highest BCUT2D eigenvalue weighted by Gasteiger charge is 2.05. The van der Waals surface area contributed by atoms with Gasteiger partial charge in [0.15, 0.2) is 0 Å². The first-order valence-electron chi connectivity index (χ1n) is 26.7. The molecule has 0 aromatic carbocycles. The molecule has 76 heavy (non-hydrogen) atoms. The lowest BCUT2D eigenvalue weighted by Gasteiger charge is -2.03. The molecule has 0 unspecified atom stereocenters. The van der Waals surface area contributed by atoms with Gasteiger partial charge in [0.2, 0.25) is 0 Å². The van der Waals surface area contributed by atoms with E-state index >= 15 is 0 Å². The lowest BCUT2D eigenvalue weighted by atomic mass is 10.1. The van der Waals surface area contributed by atoms with Crippen LogP contribution in [-0.2, 0) is 95.3 Å². The summed E-state index contributed by atoms with van der Waals surface area (Å²) >= 11 is 0. The molecule has 0 heterocycles. The van der Waals surface area contributed by atoms with Crippen LogP contribution in [0.4, 0.5) is 0 Å². The monoisotopic (exact) mass is 1100 g/mol. The Morgan fingerprint density at radius 1 is 0.224 bits per heavy atom. The van der Waals surface area contributed by atoms with Crippen molar-refractivity contribution in [2.45, 2.75) is 218 Å². The maximum Gasteiger partial charge on any atom is 0.305 e. The molecule has 0 aromatic rings. The molecular weight excluding hydrogens is 993 g/mol. The Labute approximate surface area is 461 Å². The average molecular weight is 1110 g/mol.